The number of nitrogens with zero attached hydrogens (tertiary/aromatic N) is 2. The molecule has 2 aromatic rings. The van der Waals surface area contributed by atoms with Crippen molar-refractivity contribution in [1.82, 2.24) is 9.97 Å². The Balaban J connectivity index is 2.33. The molecule has 0 radical (unpaired) electrons. The minimum atomic E-state index is 0.463. The van der Waals surface area contributed by atoms with Crippen molar-refractivity contribution >= 4 is 23.1 Å². The third kappa shape index (κ3) is 2.93. The Bertz CT molecular complexity index is 605. The summed E-state index contributed by atoms with van der Waals surface area (Å²) in [4.78, 5) is 8.21. The molecule has 0 aliphatic rings. The lowest BCUT2D eigenvalue weighted by atomic mass is 10.2. The highest BCUT2D eigenvalue weighted by Gasteiger charge is 2.10. The zero-order valence-electron chi connectivity index (χ0n) is 11.6. The first-order valence-electron chi connectivity index (χ1n) is 6.18. The van der Waals surface area contributed by atoms with Gasteiger partial charge in [-0.1, -0.05) is 18.5 Å². The molecule has 0 atom stereocenters. The molecular weight excluding hydrogens is 278 g/mol. The van der Waals surface area contributed by atoms with Gasteiger partial charge in [0, 0.05) is 17.3 Å². The number of rotatable bonds is 5. The highest BCUT2D eigenvalue weighted by molar-refractivity contribution is 6.30. The second kappa shape index (κ2) is 6.43. The summed E-state index contributed by atoms with van der Waals surface area (Å²) >= 11 is 6.07. The van der Waals surface area contributed by atoms with E-state index >= 15 is 0 Å². The van der Waals surface area contributed by atoms with Gasteiger partial charge in [0.05, 0.1) is 14.2 Å². The summed E-state index contributed by atoms with van der Waals surface area (Å²) in [5.74, 6) is 2.02. The van der Waals surface area contributed by atoms with Crippen LogP contribution >= 0.6 is 11.6 Å². The minimum absolute atomic E-state index is 0.463. The van der Waals surface area contributed by atoms with E-state index in [4.69, 9.17) is 21.1 Å². The maximum Gasteiger partial charge on any atom is 0.162 e. The van der Waals surface area contributed by atoms with Gasteiger partial charge in [0.15, 0.2) is 11.5 Å². The van der Waals surface area contributed by atoms with Crippen LogP contribution in [0.15, 0.2) is 24.5 Å². The third-order valence-electron chi connectivity index (χ3n) is 2.89. The number of ether oxygens (including phenoxy) is 2. The van der Waals surface area contributed by atoms with E-state index in [0.29, 0.717) is 22.5 Å². The highest BCUT2D eigenvalue weighted by atomic mass is 35.5. The van der Waals surface area contributed by atoms with Crippen LogP contribution in [0.4, 0.5) is 11.5 Å². The molecule has 20 heavy (non-hydrogen) atoms. The predicted molar refractivity (Wildman–Crippen MR) is 79.2 cm³/mol. The van der Waals surface area contributed by atoms with Crippen molar-refractivity contribution in [2.75, 3.05) is 19.5 Å². The Labute approximate surface area is 122 Å². The monoisotopic (exact) mass is 293 g/mol. The summed E-state index contributed by atoms with van der Waals surface area (Å²) in [6.45, 7) is 2.00. The highest BCUT2D eigenvalue weighted by Crippen LogP contribution is 2.32. The van der Waals surface area contributed by atoms with Gasteiger partial charge >= 0.3 is 0 Å². The van der Waals surface area contributed by atoms with Crippen LogP contribution in [0.25, 0.3) is 0 Å². The van der Waals surface area contributed by atoms with E-state index in [1.807, 2.05) is 25.1 Å². The second-order valence-electron chi connectivity index (χ2n) is 4.04. The maximum absolute atomic E-state index is 6.07. The quantitative estimate of drug-likeness (QED) is 0.856. The molecule has 0 aliphatic carbocycles. The molecule has 1 aromatic carbocycles. The lowest BCUT2D eigenvalue weighted by Crippen LogP contribution is -2.01. The number of hydrogen-bond donors (Lipinski definition) is 1. The summed E-state index contributed by atoms with van der Waals surface area (Å²) in [5.41, 5.74) is 1.72. The number of benzene rings is 1. The molecule has 1 N–H and O–H groups in total. The fourth-order valence-corrected chi connectivity index (χ4v) is 2.13. The molecule has 1 aromatic heterocycles. The van der Waals surface area contributed by atoms with E-state index in [1.54, 1.807) is 14.2 Å². The largest absolute Gasteiger partial charge is 0.493 e. The number of nitrogens with one attached hydrogen (secondary N) is 1. The molecule has 0 fully saturated rings. The Morgan fingerprint density at radius 2 is 1.90 bits per heavy atom. The van der Waals surface area contributed by atoms with Crippen molar-refractivity contribution in [3.63, 3.8) is 0 Å². The van der Waals surface area contributed by atoms with Crippen LogP contribution in [-0.4, -0.2) is 24.2 Å². The SMILES string of the molecule is CCc1c(Cl)ncnc1Nc1ccc(OC)c(OC)c1. The van der Waals surface area contributed by atoms with E-state index in [9.17, 15) is 0 Å². The van der Waals surface area contributed by atoms with Gasteiger partial charge < -0.3 is 14.8 Å². The van der Waals surface area contributed by atoms with Gasteiger partial charge in [-0.2, -0.15) is 0 Å². The Morgan fingerprint density at radius 1 is 1.15 bits per heavy atom. The molecule has 0 bridgehead atoms. The van der Waals surface area contributed by atoms with Crippen molar-refractivity contribution in [3.05, 3.63) is 35.2 Å². The van der Waals surface area contributed by atoms with E-state index < -0.39 is 0 Å². The van der Waals surface area contributed by atoms with E-state index in [-0.39, 0.29) is 0 Å². The Hall–Kier alpha value is -2.01. The topological polar surface area (TPSA) is 56.3 Å². The summed E-state index contributed by atoms with van der Waals surface area (Å²) < 4.78 is 10.5. The molecule has 0 unspecified atom stereocenters. The van der Waals surface area contributed by atoms with Crippen molar-refractivity contribution in [3.8, 4) is 11.5 Å². The van der Waals surface area contributed by atoms with Crippen LogP contribution in [0.5, 0.6) is 11.5 Å². The van der Waals surface area contributed by atoms with Crippen molar-refractivity contribution < 1.29 is 9.47 Å². The number of halogens is 1. The molecule has 0 aliphatic heterocycles. The molecule has 2 rings (SSSR count). The Kier molecular flexibility index (Phi) is 4.63. The van der Waals surface area contributed by atoms with Crippen LogP contribution in [0.2, 0.25) is 5.15 Å². The van der Waals surface area contributed by atoms with Gasteiger partial charge in [-0.05, 0) is 18.6 Å². The van der Waals surface area contributed by atoms with Gasteiger partial charge in [-0.25, -0.2) is 9.97 Å². The molecule has 0 saturated carbocycles. The number of anilines is 2. The second-order valence-corrected chi connectivity index (χ2v) is 4.40. The van der Waals surface area contributed by atoms with Gasteiger partial charge in [-0.3, -0.25) is 0 Å². The van der Waals surface area contributed by atoms with Gasteiger partial charge in [-0.15, -0.1) is 0 Å². The molecule has 106 valence electrons. The van der Waals surface area contributed by atoms with Gasteiger partial charge in [0.2, 0.25) is 0 Å². The lowest BCUT2D eigenvalue weighted by molar-refractivity contribution is 0.355. The molecule has 6 heteroatoms. The van der Waals surface area contributed by atoms with Gasteiger partial charge in [0.1, 0.15) is 17.3 Å². The first kappa shape index (κ1) is 14.4. The normalized spacial score (nSPS) is 10.2. The summed E-state index contributed by atoms with van der Waals surface area (Å²) in [5, 5.41) is 3.68. The molecule has 1 heterocycles. The molecule has 5 nitrogen and oxygen atoms in total. The Morgan fingerprint density at radius 3 is 2.55 bits per heavy atom. The van der Waals surface area contributed by atoms with Crippen LogP contribution in [0, 0.1) is 0 Å². The van der Waals surface area contributed by atoms with E-state index in [1.165, 1.54) is 6.33 Å². The first-order chi connectivity index (χ1) is 9.69. The summed E-state index contributed by atoms with van der Waals surface area (Å²) in [7, 11) is 3.20. The number of methoxy groups -OCH3 is 2. The van der Waals surface area contributed by atoms with Crippen molar-refractivity contribution in [1.29, 1.82) is 0 Å². The van der Waals surface area contributed by atoms with Crippen molar-refractivity contribution in [2.45, 2.75) is 13.3 Å². The zero-order chi connectivity index (χ0) is 14.5. The molecule has 0 amide bonds. The number of hydrogen-bond acceptors (Lipinski definition) is 5. The molecule has 0 spiro atoms. The molecule has 0 saturated heterocycles. The predicted octanol–water partition coefficient (Wildman–Crippen LogP) is 3.45. The first-order valence-corrected chi connectivity index (χ1v) is 6.55. The van der Waals surface area contributed by atoms with E-state index in [2.05, 4.69) is 15.3 Å². The average Bonchev–Trinajstić information content (AvgIpc) is 2.47. The van der Waals surface area contributed by atoms with Crippen LogP contribution in [-0.2, 0) is 6.42 Å². The maximum atomic E-state index is 6.07. The summed E-state index contributed by atoms with van der Waals surface area (Å²) in [6.07, 6.45) is 2.18. The third-order valence-corrected chi connectivity index (χ3v) is 3.22. The van der Waals surface area contributed by atoms with Crippen LogP contribution in [0.3, 0.4) is 0 Å². The van der Waals surface area contributed by atoms with Crippen LogP contribution in [0.1, 0.15) is 12.5 Å². The fourth-order valence-electron chi connectivity index (χ4n) is 1.86. The van der Waals surface area contributed by atoms with Crippen LogP contribution < -0.4 is 14.8 Å². The standard InChI is InChI=1S/C14H16ClN3O2/c1-4-10-13(15)16-8-17-14(10)18-9-5-6-11(19-2)12(7-9)20-3/h5-8H,4H2,1-3H3,(H,16,17,18). The van der Waals surface area contributed by atoms with Crippen molar-refractivity contribution in [2.24, 2.45) is 0 Å². The smallest absolute Gasteiger partial charge is 0.162 e. The fraction of sp³-hybridized carbons (Fsp3) is 0.286. The molecular formula is C14H16ClN3O2. The van der Waals surface area contributed by atoms with Gasteiger partial charge in [0.25, 0.3) is 0 Å². The lowest BCUT2D eigenvalue weighted by Gasteiger charge is -2.13. The zero-order valence-corrected chi connectivity index (χ0v) is 12.4. The summed E-state index contributed by atoms with van der Waals surface area (Å²) in [6, 6.07) is 5.56. The average molecular weight is 294 g/mol. The number of aromatic nitrogens is 2. The van der Waals surface area contributed by atoms with E-state index in [0.717, 1.165) is 17.7 Å². The minimum Gasteiger partial charge on any atom is -0.493 e.